The Bertz CT molecular complexity index is 489. The summed E-state index contributed by atoms with van der Waals surface area (Å²) in [5.74, 6) is -0.134. The molecule has 1 aliphatic rings. The maximum Gasteiger partial charge on any atom is 0.326 e. The van der Waals surface area contributed by atoms with Crippen LogP contribution in [0.5, 0.6) is 0 Å². The number of hydrogen-bond acceptors (Lipinski definition) is 6. The maximum absolute atomic E-state index is 12.4. The molecular weight excluding hydrogens is 288 g/mol. The van der Waals surface area contributed by atoms with E-state index in [1.807, 2.05) is 13.8 Å². The number of nitrogens with one attached hydrogen (secondary N) is 1. The first-order valence-electron chi connectivity index (χ1n) is 7.49. The Morgan fingerprint density at radius 2 is 2.43 bits per heavy atom. The largest absolute Gasteiger partial charge is 0.465 e. The minimum Gasteiger partial charge on any atom is -0.465 e. The topological polar surface area (TPSA) is 64.4 Å². The Labute approximate surface area is 130 Å². The van der Waals surface area contributed by atoms with E-state index >= 15 is 0 Å². The maximum atomic E-state index is 12.4. The van der Waals surface area contributed by atoms with Gasteiger partial charge in [-0.25, -0.2) is 4.98 Å². The summed E-state index contributed by atoms with van der Waals surface area (Å²) < 4.78 is 10.7. The van der Waals surface area contributed by atoms with Crippen molar-refractivity contribution >= 4 is 17.7 Å². The van der Waals surface area contributed by atoms with Crippen LogP contribution in [0.3, 0.4) is 0 Å². The molecule has 2 atom stereocenters. The van der Waals surface area contributed by atoms with Crippen molar-refractivity contribution in [2.45, 2.75) is 69.0 Å². The fourth-order valence-electron chi connectivity index (χ4n) is 2.83. The summed E-state index contributed by atoms with van der Waals surface area (Å²) >= 11 is 1.61. The summed E-state index contributed by atoms with van der Waals surface area (Å²) in [5, 5.41) is 4.42. The molecule has 1 saturated carbocycles. The van der Waals surface area contributed by atoms with E-state index in [-0.39, 0.29) is 12.0 Å². The van der Waals surface area contributed by atoms with Crippen LogP contribution in [0.2, 0.25) is 0 Å². The van der Waals surface area contributed by atoms with Gasteiger partial charge in [-0.15, -0.1) is 0 Å². The lowest BCUT2D eigenvalue weighted by molar-refractivity contribution is -0.151. The van der Waals surface area contributed by atoms with Crippen LogP contribution >= 0.6 is 11.8 Å². The molecule has 6 heteroatoms. The van der Waals surface area contributed by atoms with Gasteiger partial charge >= 0.3 is 5.97 Å². The first-order valence-corrected chi connectivity index (χ1v) is 8.37. The number of oxazole rings is 1. The molecular formula is C15H24N2O3S. The molecule has 1 aliphatic carbocycles. The van der Waals surface area contributed by atoms with Crippen molar-refractivity contribution in [2.24, 2.45) is 0 Å². The molecule has 21 heavy (non-hydrogen) atoms. The second kappa shape index (κ2) is 6.83. The van der Waals surface area contributed by atoms with Crippen molar-refractivity contribution in [1.82, 2.24) is 10.3 Å². The summed E-state index contributed by atoms with van der Waals surface area (Å²) in [6.45, 7) is 8.28. The average Bonchev–Trinajstić information content (AvgIpc) is 2.97. The van der Waals surface area contributed by atoms with Crippen LogP contribution in [0.4, 0.5) is 0 Å². The van der Waals surface area contributed by atoms with Crippen LogP contribution in [0.15, 0.2) is 15.9 Å². The summed E-state index contributed by atoms with van der Waals surface area (Å²) in [6.07, 6.45) is 4.14. The number of aryl methyl sites for hydroxylation is 1. The molecule has 1 fully saturated rings. The molecule has 0 aliphatic heterocycles. The average molecular weight is 312 g/mol. The number of aromatic nitrogens is 1. The van der Waals surface area contributed by atoms with Gasteiger partial charge < -0.3 is 9.15 Å². The van der Waals surface area contributed by atoms with Gasteiger partial charge in [0.2, 0.25) is 0 Å². The monoisotopic (exact) mass is 312 g/mol. The zero-order valence-electron chi connectivity index (χ0n) is 13.1. The highest BCUT2D eigenvalue weighted by Crippen LogP contribution is 2.41. The Morgan fingerprint density at radius 3 is 3.00 bits per heavy atom. The van der Waals surface area contributed by atoms with Crippen LogP contribution in [-0.4, -0.2) is 34.4 Å². The fraction of sp³-hybridized carbons (Fsp3) is 0.733. The van der Waals surface area contributed by atoms with Crippen LogP contribution in [0.25, 0.3) is 0 Å². The van der Waals surface area contributed by atoms with Crippen molar-refractivity contribution < 1.29 is 13.9 Å². The Hall–Kier alpha value is -1.01. The van der Waals surface area contributed by atoms with E-state index in [0.717, 1.165) is 25.0 Å². The summed E-state index contributed by atoms with van der Waals surface area (Å²) in [7, 11) is 0. The molecule has 0 saturated heterocycles. The quantitative estimate of drug-likeness (QED) is 0.815. The second-order valence-corrected chi connectivity index (χ2v) is 7.09. The van der Waals surface area contributed by atoms with Gasteiger partial charge in [-0.2, -0.15) is 0 Å². The van der Waals surface area contributed by atoms with Crippen molar-refractivity contribution in [3.63, 3.8) is 0 Å². The van der Waals surface area contributed by atoms with Crippen LogP contribution in [-0.2, 0) is 9.53 Å². The molecule has 1 aromatic heterocycles. The number of ether oxygens (including phenoxy) is 1. The van der Waals surface area contributed by atoms with E-state index in [0.29, 0.717) is 17.1 Å². The van der Waals surface area contributed by atoms with Gasteiger partial charge in [0.15, 0.2) is 0 Å². The lowest BCUT2D eigenvalue weighted by Gasteiger charge is -2.30. The SMILES string of the molecule is CCOC(=O)C1(NC(C)C)CCC(Sc2nc(C)co2)C1. The van der Waals surface area contributed by atoms with Gasteiger partial charge in [-0.05, 0) is 47.0 Å². The van der Waals surface area contributed by atoms with Crippen molar-refractivity contribution in [3.05, 3.63) is 12.0 Å². The molecule has 5 nitrogen and oxygen atoms in total. The van der Waals surface area contributed by atoms with Crippen LogP contribution in [0.1, 0.15) is 45.7 Å². The second-order valence-electron chi connectivity index (χ2n) is 5.84. The molecule has 1 N–H and O–H groups in total. The lowest BCUT2D eigenvalue weighted by Crippen LogP contribution is -2.54. The van der Waals surface area contributed by atoms with Crippen molar-refractivity contribution in [3.8, 4) is 0 Å². The third-order valence-corrected chi connectivity index (χ3v) is 4.69. The first kappa shape index (κ1) is 16.4. The fourth-order valence-corrected chi connectivity index (χ4v) is 4.02. The van der Waals surface area contributed by atoms with Gasteiger partial charge in [0.05, 0.1) is 12.3 Å². The number of nitrogens with zero attached hydrogens (tertiary/aromatic N) is 1. The van der Waals surface area contributed by atoms with E-state index in [1.54, 1.807) is 18.0 Å². The predicted octanol–water partition coefficient (Wildman–Crippen LogP) is 2.93. The van der Waals surface area contributed by atoms with Crippen LogP contribution < -0.4 is 5.32 Å². The number of carbonyl (C=O) groups is 1. The molecule has 1 aromatic rings. The zero-order chi connectivity index (χ0) is 15.5. The molecule has 0 bridgehead atoms. The minimum absolute atomic E-state index is 0.134. The van der Waals surface area contributed by atoms with Gasteiger partial charge in [0.1, 0.15) is 11.8 Å². The number of esters is 1. The normalized spacial score (nSPS) is 25.5. The number of thioether (sulfide) groups is 1. The molecule has 2 unspecified atom stereocenters. The molecule has 0 spiro atoms. The Balaban J connectivity index is 2.05. The number of carbonyl (C=O) groups excluding carboxylic acids is 1. The van der Waals surface area contributed by atoms with E-state index in [4.69, 9.17) is 9.15 Å². The number of hydrogen-bond donors (Lipinski definition) is 1. The summed E-state index contributed by atoms with van der Waals surface area (Å²) in [5.41, 5.74) is 0.316. The van der Waals surface area contributed by atoms with E-state index in [9.17, 15) is 4.79 Å². The highest BCUT2D eigenvalue weighted by Gasteiger charge is 2.47. The predicted molar refractivity (Wildman–Crippen MR) is 82.4 cm³/mol. The smallest absolute Gasteiger partial charge is 0.326 e. The third kappa shape index (κ3) is 4.01. The van der Waals surface area contributed by atoms with Crippen molar-refractivity contribution in [2.75, 3.05) is 6.61 Å². The number of rotatable bonds is 6. The molecule has 1 heterocycles. The highest BCUT2D eigenvalue weighted by molar-refractivity contribution is 7.99. The first-order chi connectivity index (χ1) is 9.95. The van der Waals surface area contributed by atoms with Gasteiger partial charge in [-0.3, -0.25) is 10.1 Å². The van der Waals surface area contributed by atoms with Gasteiger partial charge in [0, 0.05) is 11.3 Å². The van der Waals surface area contributed by atoms with E-state index in [1.165, 1.54) is 0 Å². The standard InChI is InChI=1S/C15H24N2O3S/c1-5-19-13(18)15(17-10(2)3)7-6-12(8-15)21-14-16-11(4)9-20-14/h9-10,12,17H,5-8H2,1-4H3. The van der Waals surface area contributed by atoms with E-state index < -0.39 is 5.54 Å². The Kier molecular flexibility index (Phi) is 5.32. The molecule has 2 rings (SSSR count). The summed E-state index contributed by atoms with van der Waals surface area (Å²) in [4.78, 5) is 16.7. The lowest BCUT2D eigenvalue weighted by atomic mass is 9.96. The van der Waals surface area contributed by atoms with Crippen LogP contribution in [0, 0.1) is 6.92 Å². The molecule has 0 aromatic carbocycles. The zero-order valence-corrected chi connectivity index (χ0v) is 14.0. The minimum atomic E-state index is -0.566. The highest BCUT2D eigenvalue weighted by atomic mass is 32.2. The molecule has 0 radical (unpaired) electrons. The summed E-state index contributed by atoms with van der Waals surface area (Å²) in [6, 6.07) is 0.238. The van der Waals surface area contributed by atoms with Crippen molar-refractivity contribution in [1.29, 1.82) is 0 Å². The third-order valence-electron chi connectivity index (χ3n) is 3.57. The Morgan fingerprint density at radius 1 is 1.67 bits per heavy atom. The molecule has 0 amide bonds. The van der Waals surface area contributed by atoms with Gasteiger partial charge in [0.25, 0.3) is 5.22 Å². The van der Waals surface area contributed by atoms with Gasteiger partial charge in [-0.1, -0.05) is 11.8 Å². The molecule has 118 valence electrons. The van der Waals surface area contributed by atoms with E-state index in [2.05, 4.69) is 24.1 Å².